The zero-order chi connectivity index (χ0) is 20.0. The van der Waals surface area contributed by atoms with E-state index in [2.05, 4.69) is 35.9 Å². The van der Waals surface area contributed by atoms with Gasteiger partial charge < -0.3 is 10.6 Å². The summed E-state index contributed by atoms with van der Waals surface area (Å²) < 4.78 is 28.4. The van der Waals surface area contributed by atoms with Crippen LogP contribution in [0.2, 0.25) is 0 Å². The lowest BCUT2D eigenvalue weighted by Gasteiger charge is -2.32. The number of fused-ring (bicyclic) bond motifs is 1. The van der Waals surface area contributed by atoms with Crippen molar-refractivity contribution in [2.24, 2.45) is 5.92 Å². The second-order valence-corrected chi connectivity index (χ2v) is 7.28. The third-order valence-electron chi connectivity index (χ3n) is 5.36. The van der Waals surface area contributed by atoms with Gasteiger partial charge in [-0.15, -0.1) is 0 Å². The number of carbonyl (C=O) groups excluding carboxylic acids is 1. The highest BCUT2D eigenvalue weighted by atomic mass is 19.3. The highest BCUT2D eigenvalue weighted by Crippen LogP contribution is 2.43. The van der Waals surface area contributed by atoms with Crippen molar-refractivity contribution in [2.45, 2.75) is 37.8 Å². The predicted molar refractivity (Wildman–Crippen MR) is 99.6 cm³/mol. The summed E-state index contributed by atoms with van der Waals surface area (Å²) in [5, 5.41) is 16.8. The van der Waals surface area contributed by atoms with Crippen LogP contribution in [0.4, 0.5) is 20.3 Å². The molecular weight excluding hydrogens is 382 g/mol. The molecule has 1 saturated carbocycles. The van der Waals surface area contributed by atoms with Crippen LogP contribution in [0.15, 0.2) is 31.0 Å². The number of aromatic nitrogens is 6. The summed E-state index contributed by atoms with van der Waals surface area (Å²) in [5.74, 6) is 0.239. The fourth-order valence-corrected chi connectivity index (χ4v) is 3.73. The zero-order valence-corrected chi connectivity index (χ0v) is 15.2. The Kier molecular flexibility index (Phi) is 4.22. The molecule has 2 aliphatic rings. The number of aromatic amines is 1. The second kappa shape index (κ2) is 6.90. The molecule has 1 fully saturated rings. The van der Waals surface area contributed by atoms with Crippen LogP contribution in [0.1, 0.15) is 35.7 Å². The number of rotatable bonds is 5. The standard InChI is InChI=1S/C18H18F2N8O/c19-16(20)14-5-11(9-1-2-9)25-17-10(6-24-28(14)17)18(29)26-13-8-23-27-15(13)12-7-21-3-4-22-12/h3-4,6-9,11,14,16,25H,1-2,5H2,(H,23,27)(H,26,29)/t11-,14+/m1/s1. The maximum Gasteiger partial charge on any atom is 0.261 e. The molecule has 4 heterocycles. The largest absolute Gasteiger partial charge is 0.367 e. The third-order valence-corrected chi connectivity index (χ3v) is 5.36. The van der Waals surface area contributed by atoms with E-state index in [0.717, 1.165) is 12.8 Å². The Morgan fingerprint density at radius 1 is 1.24 bits per heavy atom. The molecule has 29 heavy (non-hydrogen) atoms. The number of hydrogen-bond donors (Lipinski definition) is 3. The molecular formula is C18H18F2N8O. The minimum atomic E-state index is -2.55. The van der Waals surface area contributed by atoms with Crippen LogP contribution in [0.25, 0.3) is 11.4 Å². The molecule has 3 aromatic rings. The summed E-state index contributed by atoms with van der Waals surface area (Å²) in [5.41, 5.74) is 1.64. The first kappa shape index (κ1) is 17.7. The molecule has 11 heteroatoms. The van der Waals surface area contributed by atoms with Gasteiger partial charge >= 0.3 is 0 Å². The van der Waals surface area contributed by atoms with Gasteiger partial charge in [-0.3, -0.25) is 19.9 Å². The van der Waals surface area contributed by atoms with Crippen LogP contribution in [0.3, 0.4) is 0 Å². The summed E-state index contributed by atoms with van der Waals surface area (Å²) in [6.07, 6.45) is 7.17. The fraction of sp³-hybridized carbons (Fsp3) is 0.389. The Balaban J connectivity index is 1.43. The normalized spacial score (nSPS) is 20.9. The molecule has 1 aliphatic carbocycles. The quantitative estimate of drug-likeness (QED) is 0.607. The van der Waals surface area contributed by atoms with Gasteiger partial charge in [-0.05, 0) is 25.2 Å². The minimum absolute atomic E-state index is 0.0752. The maximum absolute atomic E-state index is 13.6. The van der Waals surface area contributed by atoms with Gasteiger partial charge in [0.05, 0.1) is 24.3 Å². The topological polar surface area (TPSA) is 113 Å². The first-order valence-corrected chi connectivity index (χ1v) is 9.35. The van der Waals surface area contributed by atoms with Crippen LogP contribution in [0.5, 0.6) is 0 Å². The van der Waals surface area contributed by atoms with E-state index in [9.17, 15) is 13.6 Å². The Morgan fingerprint density at radius 3 is 2.83 bits per heavy atom. The van der Waals surface area contributed by atoms with Crippen LogP contribution in [-0.4, -0.2) is 48.3 Å². The first-order chi connectivity index (χ1) is 14.1. The molecule has 0 radical (unpaired) electrons. The Hall–Kier alpha value is -3.37. The molecule has 1 amide bonds. The van der Waals surface area contributed by atoms with Crippen molar-refractivity contribution in [2.75, 3.05) is 10.6 Å². The molecule has 5 rings (SSSR count). The summed E-state index contributed by atoms with van der Waals surface area (Å²) in [4.78, 5) is 21.1. The molecule has 0 aromatic carbocycles. The van der Waals surface area contributed by atoms with Crippen LogP contribution in [0, 0.1) is 5.92 Å². The number of alkyl halides is 2. The maximum atomic E-state index is 13.6. The number of hydrogen-bond acceptors (Lipinski definition) is 6. The number of nitrogens with one attached hydrogen (secondary N) is 3. The van der Waals surface area contributed by atoms with Gasteiger partial charge in [-0.25, -0.2) is 13.5 Å². The summed E-state index contributed by atoms with van der Waals surface area (Å²) in [6, 6.07) is -1.11. The molecule has 0 unspecified atom stereocenters. The number of amides is 1. The van der Waals surface area contributed by atoms with Gasteiger partial charge in [-0.2, -0.15) is 10.2 Å². The molecule has 0 bridgehead atoms. The number of H-pyrrole nitrogens is 1. The zero-order valence-electron chi connectivity index (χ0n) is 15.2. The lowest BCUT2D eigenvalue weighted by atomic mass is 10.00. The van der Waals surface area contributed by atoms with E-state index in [1.807, 2.05) is 0 Å². The van der Waals surface area contributed by atoms with Gasteiger partial charge in [0.15, 0.2) is 0 Å². The van der Waals surface area contributed by atoms with Crippen molar-refractivity contribution in [1.29, 1.82) is 0 Å². The summed E-state index contributed by atoms with van der Waals surface area (Å²) in [6.45, 7) is 0. The van der Waals surface area contributed by atoms with Gasteiger partial charge in [0.1, 0.15) is 28.8 Å². The summed E-state index contributed by atoms with van der Waals surface area (Å²) >= 11 is 0. The monoisotopic (exact) mass is 400 g/mol. The average Bonchev–Trinajstić information content (AvgIpc) is 3.33. The Bertz CT molecular complexity index is 1030. The van der Waals surface area contributed by atoms with Crippen molar-refractivity contribution in [3.05, 3.63) is 36.5 Å². The van der Waals surface area contributed by atoms with E-state index in [1.54, 1.807) is 12.4 Å². The van der Waals surface area contributed by atoms with Crippen molar-refractivity contribution in [1.82, 2.24) is 29.9 Å². The van der Waals surface area contributed by atoms with E-state index >= 15 is 0 Å². The second-order valence-electron chi connectivity index (χ2n) is 7.28. The highest BCUT2D eigenvalue weighted by molar-refractivity contribution is 6.08. The molecule has 2 atom stereocenters. The van der Waals surface area contributed by atoms with E-state index in [1.165, 1.54) is 23.3 Å². The molecule has 150 valence electrons. The predicted octanol–water partition coefficient (Wildman–Crippen LogP) is 2.72. The van der Waals surface area contributed by atoms with Crippen molar-refractivity contribution >= 4 is 17.4 Å². The Morgan fingerprint density at radius 2 is 2.10 bits per heavy atom. The summed E-state index contributed by atoms with van der Waals surface area (Å²) in [7, 11) is 0. The molecule has 3 N–H and O–H groups in total. The highest BCUT2D eigenvalue weighted by Gasteiger charge is 2.41. The van der Waals surface area contributed by atoms with E-state index in [-0.39, 0.29) is 11.6 Å². The Labute approximate surface area is 163 Å². The van der Waals surface area contributed by atoms with Crippen LogP contribution < -0.4 is 10.6 Å². The fourth-order valence-electron chi connectivity index (χ4n) is 3.73. The third kappa shape index (κ3) is 3.22. The number of anilines is 2. The van der Waals surface area contributed by atoms with Crippen LogP contribution >= 0.6 is 0 Å². The molecule has 1 aliphatic heterocycles. The van der Waals surface area contributed by atoms with Crippen molar-refractivity contribution < 1.29 is 13.6 Å². The average molecular weight is 400 g/mol. The SMILES string of the molecule is O=C(Nc1cn[nH]c1-c1cnccn1)c1cnn2c1N[C@@H](C1CC1)C[C@H]2C(F)F. The van der Waals surface area contributed by atoms with Gasteiger partial charge in [0, 0.05) is 18.4 Å². The smallest absolute Gasteiger partial charge is 0.261 e. The number of halogens is 2. The number of nitrogens with zero attached hydrogens (tertiary/aromatic N) is 5. The molecule has 0 saturated heterocycles. The molecule has 9 nitrogen and oxygen atoms in total. The van der Waals surface area contributed by atoms with Gasteiger partial charge in [0.2, 0.25) is 0 Å². The van der Waals surface area contributed by atoms with E-state index < -0.39 is 18.4 Å². The van der Waals surface area contributed by atoms with E-state index in [4.69, 9.17) is 0 Å². The molecule has 0 spiro atoms. The van der Waals surface area contributed by atoms with E-state index in [0.29, 0.717) is 35.2 Å². The number of carbonyl (C=O) groups is 1. The van der Waals surface area contributed by atoms with Crippen LogP contribution in [-0.2, 0) is 0 Å². The first-order valence-electron chi connectivity index (χ1n) is 9.35. The molecule has 3 aromatic heterocycles. The van der Waals surface area contributed by atoms with Gasteiger partial charge in [0.25, 0.3) is 12.3 Å². The minimum Gasteiger partial charge on any atom is -0.367 e. The lowest BCUT2D eigenvalue weighted by molar-refractivity contribution is 0.0644. The van der Waals surface area contributed by atoms with Gasteiger partial charge in [-0.1, -0.05) is 0 Å². The van der Waals surface area contributed by atoms with Crippen molar-refractivity contribution in [3.63, 3.8) is 0 Å². The lowest BCUT2D eigenvalue weighted by Crippen LogP contribution is -2.37. The van der Waals surface area contributed by atoms with Crippen molar-refractivity contribution in [3.8, 4) is 11.4 Å².